The lowest BCUT2D eigenvalue weighted by atomic mass is 9.30. The highest BCUT2D eigenvalue weighted by atomic mass is 15.3. The number of benzene rings is 14. The minimum Gasteiger partial charge on any atom is -0.365 e. The standard InChI is InChI=1S/C102H82B2N6/c1-7-28-65(29-8-1)79-44-25-45-80(66-30-9-2-10-31-66)99(79)108-91-52-21-19-50-85(91)103-87-61-88-93(62-89(87)105-90-57-75(58-94(108)97(90)103)107-77-55-71-54-72-56-78(107)64-102(71,72)63-77)110(101-83(69-36-15-5-16-37-69)48-27-49-84(101)70-38-17-6-18-39-70)96-60-76(106-73-40-23-41-74(106)43-24-42-73)59-95-98(96)104(88)86-51-20-22-53-92(86)109(95)100-81(67-32-11-3-12-33-67)46-26-47-82(100)68-34-13-4-14-35-68/h1-22,25-39,44-53,57-62,71-74,77-78,105H,23-24,40-43,54-56,63-64H2. The number of para-hydroxylation sites is 5. The number of hydrogen-bond donors (Lipinski definition) is 1. The largest absolute Gasteiger partial charge is 0.365 e. The Morgan fingerprint density at radius 1 is 0.273 bits per heavy atom. The van der Waals surface area contributed by atoms with E-state index in [1.54, 1.807) is 0 Å². The predicted molar refractivity (Wildman–Crippen MR) is 462 cm³/mol. The Morgan fingerprint density at radius 3 is 1.03 bits per heavy atom. The van der Waals surface area contributed by atoms with Crippen LogP contribution in [0, 0.1) is 17.3 Å². The van der Waals surface area contributed by atoms with Gasteiger partial charge in [-0.2, -0.15) is 0 Å². The number of rotatable bonds is 11. The normalized spacial score (nSPS) is 21.4. The van der Waals surface area contributed by atoms with Gasteiger partial charge in [0.05, 0.1) is 17.1 Å². The van der Waals surface area contributed by atoms with Crippen molar-refractivity contribution in [1.29, 1.82) is 0 Å². The highest BCUT2D eigenvalue weighted by Gasteiger charge is 2.69. The molecule has 14 aromatic rings. The molecule has 4 unspecified atom stereocenters. The Labute approximate surface area is 646 Å². The van der Waals surface area contributed by atoms with E-state index < -0.39 is 0 Å². The number of nitrogens with zero attached hydrogens (tertiary/aromatic N) is 5. The van der Waals surface area contributed by atoms with Gasteiger partial charge in [0, 0.05) is 114 Å². The van der Waals surface area contributed by atoms with Crippen molar-refractivity contribution >= 4 is 120 Å². The van der Waals surface area contributed by atoms with E-state index in [0.717, 1.165) is 17.5 Å². The molecule has 7 aliphatic heterocycles. The molecule has 3 saturated carbocycles. The molecule has 526 valence electrons. The van der Waals surface area contributed by atoms with E-state index in [2.05, 4.69) is 351 Å². The van der Waals surface area contributed by atoms with Crippen LogP contribution >= 0.6 is 0 Å². The van der Waals surface area contributed by atoms with Gasteiger partial charge in [0.1, 0.15) is 0 Å². The fourth-order valence-electron chi connectivity index (χ4n) is 23.7. The van der Waals surface area contributed by atoms with Crippen LogP contribution in [0.5, 0.6) is 0 Å². The summed E-state index contributed by atoms with van der Waals surface area (Å²) in [6.45, 7) is -0.327. The van der Waals surface area contributed by atoms with Crippen LogP contribution in [-0.2, 0) is 0 Å². The van der Waals surface area contributed by atoms with Gasteiger partial charge in [-0.3, -0.25) is 0 Å². The number of fused-ring (bicyclic) bond motifs is 12. The Balaban J connectivity index is 0.813. The second-order valence-corrected chi connectivity index (χ2v) is 33.3. The molecule has 3 saturated heterocycles. The van der Waals surface area contributed by atoms with Crippen molar-refractivity contribution in [2.24, 2.45) is 17.3 Å². The maximum Gasteiger partial charge on any atom is 0.252 e. The average Bonchev–Trinajstić information content (AvgIpc) is 1.23. The second-order valence-electron chi connectivity index (χ2n) is 33.3. The van der Waals surface area contributed by atoms with Gasteiger partial charge >= 0.3 is 0 Å². The number of anilines is 13. The number of hydrogen-bond acceptors (Lipinski definition) is 6. The zero-order valence-electron chi connectivity index (χ0n) is 61.7. The zero-order valence-corrected chi connectivity index (χ0v) is 61.7. The summed E-state index contributed by atoms with van der Waals surface area (Å²) in [5.41, 5.74) is 38.7. The molecule has 24 rings (SSSR count). The van der Waals surface area contributed by atoms with Gasteiger partial charge in [0.15, 0.2) is 0 Å². The van der Waals surface area contributed by atoms with Gasteiger partial charge in [-0.1, -0.05) is 279 Å². The molecule has 3 aliphatic carbocycles. The average molecular weight is 1410 g/mol. The Morgan fingerprint density at radius 2 is 0.618 bits per heavy atom. The van der Waals surface area contributed by atoms with Crippen molar-refractivity contribution in [3.63, 3.8) is 0 Å². The second kappa shape index (κ2) is 24.5. The van der Waals surface area contributed by atoms with E-state index in [4.69, 9.17) is 0 Å². The van der Waals surface area contributed by atoms with Crippen LogP contribution in [0.4, 0.5) is 73.9 Å². The lowest BCUT2D eigenvalue weighted by Crippen LogP contribution is -2.65. The van der Waals surface area contributed by atoms with Crippen LogP contribution < -0.4 is 62.6 Å². The molecular weight excluding hydrogens is 1330 g/mol. The summed E-state index contributed by atoms with van der Waals surface area (Å²) >= 11 is 0. The van der Waals surface area contributed by atoms with Gasteiger partial charge in [0.25, 0.3) is 13.4 Å². The molecule has 5 bridgehead atoms. The summed E-state index contributed by atoms with van der Waals surface area (Å²) in [6.07, 6.45) is 14.0. The van der Waals surface area contributed by atoms with E-state index in [9.17, 15) is 0 Å². The van der Waals surface area contributed by atoms with E-state index in [1.807, 2.05) is 0 Å². The number of nitrogens with one attached hydrogen (secondary N) is 1. The van der Waals surface area contributed by atoms with Crippen LogP contribution in [0.1, 0.15) is 70.6 Å². The molecule has 110 heavy (non-hydrogen) atoms. The van der Waals surface area contributed by atoms with Crippen LogP contribution in [0.25, 0.3) is 66.8 Å². The topological polar surface area (TPSA) is 28.2 Å². The highest BCUT2D eigenvalue weighted by molar-refractivity contribution is 7.03. The molecule has 0 aromatic heterocycles. The van der Waals surface area contributed by atoms with Gasteiger partial charge in [-0.05, 0) is 197 Å². The van der Waals surface area contributed by atoms with Crippen LogP contribution in [0.15, 0.2) is 322 Å². The summed E-state index contributed by atoms with van der Waals surface area (Å²) < 4.78 is 0. The third kappa shape index (κ3) is 9.26. The molecule has 7 heterocycles. The van der Waals surface area contributed by atoms with Crippen LogP contribution in [0.2, 0.25) is 0 Å². The Bertz CT molecular complexity index is 5830. The Hall–Kier alpha value is -12.0. The van der Waals surface area contributed by atoms with Crippen molar-refractivity contribution in [2.75, 3.05) is 29.8 Å². The summed E-state index contributed by atoms with van der Waals surface area (Å²) in [5.74, 6) is 1.70. The maximum absolute atomic E-state index is 4.54. The number of piperidine rings is 3. The van der Waals surface area contributed by atoms with Crippen molar-refractivity contribution in [2.45, 2.75) is 94.8 Å². The molecule has 0 amide bonds. The van der Waals surface area contributed by atoms with Crippen LogP contribution in [0.3, 0.4) is 0 Å². The summed E-state index contributed by atoms with van der Waals surface area (Å²) in [4.78, 5) is 14.2. The van der Waals surface area contributed by atoms with Crippen molar-refractivity contribution < 1.29 is 0 Å². The first kappa shape index (κ1) is 63.0. The predicted octanol–water partition coefficient (Wildman–Crippen LogP) is 21.8. The minimum absolute atomic E-state index is 0.139. The summed E-state index contributed by atoms with van der Waals surface area (Å²) in [6, 6.07) is 126. The third-order valence-electron chi connectivity index (χ3n) is 28.0. The summed E-state index contributed by atoms with van der Waals surface area (Å²) in [5, 5.41) is 4.54. The molecule has 10 aliphatic rings. The SMILES string of the molecule is c1ccc(-c2cccc(-c3ccccc3)c2N2c3ccccc3B3c4cc5c(cc4Nc4cc(N6C7CC8CC9CC6CC89C7)cc2c43)N(c2c(-c3ccccc3)cccc2-c2ccccc2)c2cc(N3C4CCCC3CCC4)cc3c2B5c2ccccc2N3c2c(-c3ccccc3)cccc2-c2ccccc2)cc1. The molecule has 0 radical (unpaired) electrons. The lowest BCUT2D eigenvalue weighted by molar-refractivity contribution is 0.00224. The van der Waals surface area contributed by atoms with Crippen LogP contribution in [-0.4, -0.2) is 37.6 Å². The van der Waals surface area contributed by atoms with E-state index in [1.165, 1.54) is 238 Å². The smallest absolute Gasteiger partial charge is 0.252 e. The zero-order chi connectivity index (χ0) is 71.9. The summed E-state index contributed by atoms with van der Waals surface area (Å²) in [7, 11) is 0. The third-order valence-corrected chi connectivity index (χ3v) is 28.0. The quantitative estimate of drug-likeness (QED) is 0.130. The van der Waals surface area contributed by atoms with E-state index >= 15 is 0 Å². The molecule has 8 heteroatoms. The Kier molecular flexibility index (Phi) is 14.0. The molecule has 1 N–H and O–H groups in total. The first-order valence-corrected chi connectivity index (χ1v) is 40.7. The van der Waals surface area contributed by atoms with Gasteiger partial charge in [-0.25, -0.2) is 0 Å². The lowest BCUT2D eigenvalue weighted by Gasteiger charge is -2.50. The van der Waals surface area contributed by atoms with Crippen molar-refractivity contribution in [3.8, 4) is 66.8 Å². The first-order chi connectivity index (χ1) is 54.5. The molecule has 6 nitrogen and oxygen atoms in total. The molecule has 6 fully saturated rings. The first-order valence-electron chi connectivity index (χ1n) is 40.7. The fraction of sp³-hybridized carbons (Fsp3) is 0.176. The molecule has 1 spiro atoms. The maximum atomic E-state index is 4.54. The minimum atomic E-state index is -0.188. The van der Waals surface area contributed by atoms with E-state index in [-0.39, 0.29) is 13.4 Å². The van der Waals surface area contributed by atoms with Crippen molar-refractivity contribution in [1.82, 2.24) is 0 Å². The van der Waals surface area contributed by atoms with Gasteiger partial charge in [0.2, 0.25) is 0 Å². The van der Waals surface area contributed by atoms with Crippen molar-refractivity contribution in [3.05, 3.63) is 322 Å². The fourth-order valence-corrected chi connectivity index (χ4v) is 23.7. The van der Waals surface area contributed by atoms with E-state index in [0.29, 0.717) is 29.6 Å². The van der Waals surface area contributed by atoms with Gasteiger partial charge < -0.3 is 29.8 Å². The van der Waals surface area contributed by atoms with Gasteiger partial charge in [-0.15, -0.1) is 0 Å². The molecule has 14 aromatic carbocycles. The molecular formula is C102H82B2N6. The highest BCUT2D eigenvalue weighted by Crippen LogP contribution is 2.73. The monoisotopic (exact) mass is 1410 g/mol. The molecule has 4 atom stereocenters.